The van der Waals surface area contributed by atoms with Crippen LogP contribution in [0.4, 0.5) is 10.1 Å². The molecule has 0 fully saturated rings. The van der Waals surface area contributed by atoms with E-state index in [1.807, 2.05) is 6.92 Å². The van der Waals surface area contributed by atoms with Gasteiger partial charge in [-0.3, -0.25) is 0 Å². The van der Waals surface area contributed by atoms with E-state index in [2.05, 4.69) is 11.2 Å². The zero-order chi connectivity index (χ0) is 8.97. The zero-order valence-electron chi connectivity index (χ0n) is 6.84. The number of rotatable bonds is 2. The van der Waals surface area contributed by atoms with Crippen LogP contribution in [0.3, 0.4) is 0 Å². The van der Waals surface area contributed by atoms with Crippen molar-refractivity contribution in [1.29, 1.82) is 0 Å². The number of halogens is 1. The number of benzene rings is 1. The van der Waals surface area contributed by atoms with Gasteiger partial charge in [-0.05, 0) is 25.1 Å². The molecule has 62 valence electrons. The first-order valence-corrected chi connectivity index (χ1v) is 3.70. The van der Waals surface area contributed by atoms with E-state index in [9.17, 15) is 4.39 Å². The molecule has 0 saturated carbocycles. The van der Waals surface area contributed by atoms with Crippen LogP contribution in [0.5, 0.6) is 0 Å². The normalized spacial score (nSPS) is 11.8. The van der Waals surface area contributed by atoms with Gasteiger partial charge in [0, 0.05) is 5.69 Å². The fourth-order valence-electron chi connectivity index (χ4n) is 0.870. The third-order valence-corrected chi connectivity index (χ3v) is 1.46. The number of nitrogens with one attached hydrogen (secondary N) is 1. The molecule has 1 N–H and O–H groups in total. The van der Waals surface area contributed by atoms with Crippen LogP contribution in [0, 0.1) is 18.2 Å². The lowest BCUT2D eigenvalue weighted by molar-refractivity contribution is 0.628. The summed E-state index contributed by atoms with van der Waals surface area (Å²) in [6.07, 6.45) is 5.15. The smallest absolute Gasteiger partial charge is 0.125 e. The fourth-order valence-corrected chi connectivity index (χ4v) is 0.870. The van der Waals surface area contributed by atoms with Crippen molar-refractivity contribution in [3.63, 3.8) is 0 Å². The van der Waals surface area contributed by atoms with Crippen molar-refractivity contribution in [1.82, 2.24) is 0 Å². The SMILES string of the molecule is C#CC(C)Nc1cccc(F)c1. The van der Waals surface area contributed by atoms with Crippen molar-refractivity contribution >= 4 is 5.69 Å². The van der Waals surface area contributed by atoms with E-state index in [0.29, 0.717) is 5.69 Å². The van der Waals surface area contributed by atoms with Crippen molar-refractivity contribution in [2.24, 2.45) is 0 Å². The maximum Gasteiger partial charge on any atom is 0.125 e. The first-order valence-electron chi connectivity index (χ1n) is 3.70. The molecule has 1 rings (SSSR count). The van der Waals surface area contributed by atoms with Gasteiger partial charge in [-0.1, -0.05) is 12.0 Å². The summed E-state index contributed by atoms with van der Waals surface area (Å²) in [6.45, 7) is 1.84. The van der Waals surface area contributed by atoms with Gasteiger partial charge >= 0.3 is 0 Å². The lowest BCUT2D eigenvalue weighted by Gasteiger charge is -2.08. The third-order valence-electron chi connectivity index (χ3n) is 1.46. The Kier molecular flexibility index (Phi) is 2.71. The number of hydrogen-bond donors (Lipinski definition) is 1. The molecule has 1 unspecified atom stereocenters. The van der Waals surface area contributed by atoms with Gasteiger partial charge in [-0.15, -0.1) is 6.42 Å². The van der Waals surface area contributed by atoms with Gasteiger partial charge in [0.25, 0.3) is 0 Å². The first kappa shape index (κ1) is 8.61. The number of hydrogen-bond acceptors (Lipinski definition) is 1. The lowest BCUT2D eigenvalue weighted by atomic mass is 10.2. The van der Waals surface area contributed by atoms with Crippen LogP contribution in [-0.4, -0.2) is 6.04 Å². The average molecular weight is 163 g/mol. The van der Waals surface area contributed by atoms with Crippen LogP contribution < -0.4 is 5.32 Å². The van der Waals surface area contributed by atoms with Gasteiger partial charge in [0.15, 0.2) is 0 Å². The summed E-state index contributed by atoms with van der Waals surface area (Å²) < 4.78 is 12.6. The molecule has 1 nitrogen and oxygen atoms in total. The largest absolute Gasteiger partial charge is 0.372 e. The maximum atomic E-state index is 12.6. The predicted molar refractivity (Wildman–Crippen MR) is 48.3 cm³/mol. The quantitative estimate of drug-likeness (QED) is 0.659. The van der Waals surface area contributed by atoms with E-state index >= 15 is 0 Å². The van der Waals surface area contributed by atoms with E-state index in [1.54, 1.807) is 12.1 Å². The molecule has 2 heteroatoms. The molecule has 0 aliphatic heterocycles. The molecule has 1 aromatic carbocycles. The van der Waals surface area contributed by atoms with Crippen LogP contribution >= 0.6 is 0 Å². The van der Waals surface area contributed by atoms with Crippen molar-refractivity contribution in [2.75, 3.05) is 5.32 Å². The minimum absolute atomic E-state index is 0.0770. The number of terminal acetylenes is 1. The van der Waals surface area contributed by atoms with E-state index in [-0.39, 0.29) is 11.9 Å². The highest BCUT2D eigenvalue weighted by Crippen LogP contribution is 2.09. The monoisotopic (exact) mass is 163 g/mol. The molecule has 0 aromatic heterocycles. The summed E-state index contributed by atoms with van der Waals surface area (Å²) >= 11 is 0. The van der Waals surface area contributed by atoms with Crippen LogP contribution in [0.25, 0.3) is 0 Å². The summed E-state index contributed by atoms with van der Waals surface area (Å²) in [5.41, 5.74) is 0.709. The number of anilines is 1. The molecular formula is C10H10FN. The molecule has 0 spiro atoms. The summed E-state index contributed by atoms with van der Waals surface area (Å²) in [6, 6.07) is 6.14. The van der Waals surface area contributed by atoms with E-state index in [4.69, 9.17) is 6.42 Å². The highest BCUT2D eigenvalue weighted by Gasteiger charge is 1.97. The van der Waals surface area contributed by atoms with Crippen LogP contribution in [-0.2, 0) is 0 Å². The fraction of sp³-hybridized carbons (Fsp3) is 0.200. The minimum Gasteiger partial charge on any atom is -0.372 e. The van der Waals surface area contributed by atoms with Gasteiger partial charge in [0.1, 0.15) is 5.82 Å². The van der Waals surface area contributed by atoms with Gasteiger partial charge in [0.2, 0.25) is 0 Å². The summed E-state index contributed by atoms with van der Waals surface area (Å²) in [7, 11) is 0. The topological polar surface area (TPSA) is 12.0 Å². The van der Waals surface area contributed by atoms with E-state index in [1.165, 1.54) is 12.1 Å². The van der Waals surface area contributed by atoms with Crippen LogP contribution in [0.2, 0.25) is 0 Å². The van der Waals surface area contributed by atoms with E-state index in [0.717, 1.165) is 0 Å². The van der Waals surface area contributed by atoms with Gasteiger partial charge in [0.05, 0.1) is 6.04 Å². The van der Waals surface area contributed by atoms with Crippen molar-refractivity contribution in [3.8, 4) is 12.3 Å². The molecule has 0 aliphatic rings. The third kappa shape index (κ3) is 2.28. The van der Waals surface area contributed by atoms with Gasteiger partial charge in [-0.2, -0.15) is 0 Å². The highest BCUT2D eigenvalue weighted by atomic mass is 19.1. The molecule has 0 heterocycles. The minimum atomic E-state index is -0.260. The summed E-state index contributed by atoms with van der Waals surface area (Å²) in [5.74, 6) is 2.24. The second-order valence-corrected chi connectivity index (χ2v) is 2.54. The lowest BCUT2D eigenvalue weighted by Crippen LogP contribution is -2.11. The Morgan fingerprint density at radius 3 is 2.92 bits per heavy atom. The molecule has 0 amide bonds. The maximum absolute atomic E-state index is 12.6. The Hall–Kier alpha value is -1.49. The Morgan fingerprint density at radius 2 is 2.33 bits per heavy atom. The van der Waals surface area contributed by atoms with Crippen LogP contribution in [0.15, 0.2) is 24.3 Å². The molecule has 0 aliphatic carbocycles. The zero-order valence-corrected chi connectivity index (χ0v) is 6.84. The molecule has 0 radical (unpaired) electrons. The first-order chi connectivity index (χ1) is 5.72. The predicted octanol–water partition coefficient (Wildman–Crippen LogP) is 2.26. The standard InChI is InChI=1S/C10H10FN/c1-3-8(2)12-10-6-4-5-9(11)7-10/h1,4-8,12H,2H3. The molecule has 1 atom stereocenters. The van der Waals surface area contributed by atoms with Crippen molar-refractivity contribution in [2.45, 2.75) is 13.0 Å². The van der Waals surface area contributed by atoms with Gasteiger partial charge in [-0.25, -0.2) is 4.39 Å². The van der Waals surface area contributed by atoms with Crippen LogP contribution in [0.1, 0.15) is 6.92 Å². The average Bonchev–Trinajstić information content (AvgIpc) is 2.04. The Morgan fingerprint density at radius 1 is 1.58 bits per heavy atom. The Balaban J connectivity index is 2.71. The molecule has 0 saturated heterocycles. The van der Waals surface area contributed by atoms with Crippen molar-refractivity contribution in [3.05, 3.63) is 30.1 Å². The highest BCUT2D eigenvalue weighted by molar-refractivity contribution is 5.45. The summed E-state index contributed by atoms with van der Waals surface area (Å²) in [4.78, 5) is 0. The van der Waals surface area contributed by atoms with Crippen molar-refractivity contribution < 1.29 is 4.39 Å². The Bertz CT molecular complexity index is 301. The second-order valence-electron chi connectivity index (χ2n) is 2.54. The molecule has 12 heavy (non-hydrogen) atoms. The molecule has 0 bridgehead atoms. The molecule has 1 aromatic rings. The van der Waals surface area contributed by atoms with Gasteiger partial charge < -0.3 is 5.32 Å². The summed E-state index contributed by atoms with van der Waals surface area (Å²) in [5, 5.41) is 2.96. The Labute approximate surface area is 71.6 Å². The second kappa shape index (κ2) is 3.77. The molecular weight excluding hydrogens is 153 g/mol. The van der Waals surface area contributed by atoms with E-state index < -0.39 is 0 Å².